The summed E-state index contributed by atoms with van der Waals surface area (Å²) >= 11 is 5.94. The third-order valence-corrected chi connectivity index (χ3v) is 2.27. The lowest BCUT2D eigenvalue weighted by Crippen LogP contribution is -2.09. The van der Waals surface area contributed by atoms with E-state index in [0.29, 0.717) is 16.7 Å². The van der Waals surface area contributed by atoms with Crippen LogP contribution in [-0.4, -0.2) is 17.7 Å². The zero-order valence-electron chi connectivity index (χ0n) is 8.66. The highest BCUT2D eigenvalue weighted by Gasteiger charge is 2.06. The van der Waals surface area contributed by atoms with Crippen molar-refractivity contribution < 1.29 is 14.6 Å². The van der Waals surface area contributed by atoms with Crippen LogP contribution in [0.25, 0.3) is 0 Å². The fraction of sp³-hybridized carbons (Fsp3) is 0.364. The second-order valence-corrected chi connectivity index (χ2v) is 3.93. The summed E-state index contributed by atoms with van der Waals surface area (Å²) in [7, 11) is 0. The molecule has 0 atom stereocenters. The Morgan fingerprint density at radius 3 is 2.67 bits per heavy atom. The van der Waals surface area contributed by atoms with E-state index in [-0.39, 0.29) is 6.61 Å². The van der Waals surface area contributed by atoms with E-state index in [1.165, 1.54) is 0 Å². The molecule has 0 bridgehead atoms. The second kappa shape index (κ2) is 5.03. The molecule has 0 saturated heterocycles. The van der Waals surface area contributed by atoms with Crippen molar-refractivity contribution in [1.29, 1.82) is 0 Å². The summed E-state index contributed by atoms with van der Waals surface area (Å²) in [5.74, 6) is -0.224. The summed E-state index contributed by atoms with van der Waals surface area (Å²) < 4.78 is 5.00. The highest BCUT2D eigenvalue weighted by Crippen LogP contribution is 2.28. The molecule has 0 spiro atoms. The molecule has 0 unspecified atom stereocenters. The second-order valence-electron chi connectivity index (χ2n) is 3.53. The van der Waals surface area contributed by atoms with Gasteiger partial charge >= 0.3 is 5.97 Å². The van der Waals surface area contributed by atoms with Crippen molar-refractivity contribution >= 4 is 17.6 Å². The average molecular weight is 229 g/mol. The minimum absolute atomic E-state index is 0.374. The van der Waals surface area contributed by atoms with Crippen LogP contribution in [0.1, 0.15) is 25.3 Å². The van der Waals surface area contributed by atoms with Crippen molar-refractivity contribution in [1.82, 2.24) is 0 Å². The lowest BCUT2D eigenvalue weighted by molar-refractivity contribution is -0.139. The Kier molecular flexibility index (Phi) is 3.97. The Morgan fingerprint density at radius 1 is 1.53 bits per heavy atom. The first-order chi connectivity index (χ1) is 7.00. The molecular weight excluding hydrogens is 216 g/mol. The van der Waals surface area contributed by atoms with Crippen LogP contribution in [0.3, 0.4) is 0 Å². The predicted molar refractivity (Wildman–Crippen MR) is 58.7 cm³/mol. The standard InChI is InChI=1S/C11H13ClO3/c1-7(2)8-3-4-10(9(12)5-8)15-6-11(13)14/h3-5,7H,6H2,1-2H3,(H,13,14). The van der Waals surface area contributed by atoms with E-state index in [0.717, 1.165) is 5.56 Å². The number of carboxylic acids is 1. The van der Waals surface area contributed by atoms with Gasteiger partial charge in [-0.1, -0.05) is 31.5 Å². The molecule has 15 heavy (non-hydrogen) atoms. The third-order valence-electron chi connectivity index (χ3n) is 1.97. The average Bonchev–Trinajstić information content (AvgIpc) is 2.15. The van der Waals surface area contributed by atoms with E-state index in [1.807, 2.05) is 6.07 Å². The van der Waals surface area contributed by atoms with E-state index in [2.05, 4.69) is 13.8 Å². The van der Waals surface area contributed by atoms with E-state index in [1.54, 1.807) is 12.1 Å². The number of aliphatic carboxylic acids is 1. The quantitative estimate of drug-likeness (QED) is 0.862. The smallest absolute Gasteiger partial charge is 0.341 e. The molecule has 0 aliphatic heterocycles. The fourth-order valence-electron chi connectivity index (χ4n) is 1.13. The Balaban J connectivity index is 2.79. The number of hydrogen-bond donors (Lipinski definition) is 1. The summed E-state index contributed by atoms with van der Waals surface area (Å²) in [5.41, 5.74) is 1.10. The van der Waals surface area contributed by atoms with Crippen molar-refractivity contribution in [3.63, 3.8) is 0 Å². The molecule has 3 nitrogen and oxygen atoms in total. The Labute approximate surface area is 93.6 Å². The van der Waals surface area contributed by atoms with E-state index in [4.69, 9.17) is 21.4 Å². The van der Waals surface area contributed by atoms with Gasteiger partial charge in [-0.25, -0.2) is 4.79 Å². The van der Waals surface area contributed by atoms with Gasteiger partial charge in [-0.05, 0) is 23.6 Å². The largest absolute Gasteiger partial charge is 0.480 e. The SMILES string of the molecule is CC(C)c1ccc(OCC(=O)O)c(Cl)c1. The van der Waals surface area contributed by atoms with Crippen LogP contribution in [0.5, 0.6) is 5.75 Å². The number of benzene rings is 1. The summed E-state index contributed by atoms with van der Waals surface area (Å²) in [4.78, 5) is 10.3. The van der Waals surface area contributed by atoms with Gasteiger partial charge in [0.25, 0.3) is 0 Å². The molecule has 1 N–H and O–H groups in total. The maximum Gasteiger partial charge on any atom is 0.341 e. The van der Waals surface area contributed by atoms with Crippen LogP contribution in [0.15, 0.2) is 18.2 Å². The molecule has 0 saturated carbocycles. The van der Waals surface area contributed by atoms with Gasteiger partial charge in [0.15, 0.2) is 6.61 Å². The first-order valence-electron chi connectivity index (χ1n) is 4.64. The molecule has 82 valence electrons. The molecule has 0 fully saturated rings. The van der Waals surface area contributed by atoms with Gasteiger partial charge in [0.1, 0.15) is 5.75 Å². The number of carbonyl (C=O) groups is 1. The molecule has 0 aliphatic carbocycles. The minimum atomic E-state index is -1.01. The molecule has 0 amide bonds. The number of hydrogen-bond acceptors (Lipinski definition) is 2. The number of carboxylic acid groups (broad SMARTS) is 1. The molecule has 4 heteroatoms. The number of halogens is 1. The van der Waals surface area contributed by atoms with E-state index in [9.17, 15) is 4.79 Å². The van der Waals surface area contributed by atoms with Crippen molar-refractivity contribution in [3.05, 3.63) is 28.8 Å². The van der Waals surface area contributed by atoms with Gasteiger partial charge in [-0.3, -0.25) is 0 Å². The zero-order valence-corrected chi connectivity index (χ0v) is 9.41. The zero-order chi connectivity index (χ0) is 11.4. The summed E-state index contributed by atoms with van der Waals surface area (Å²) in [6.45, 7) is 3.74. The third kappa shape index (κ3) is 3.44. The monoisotopic (exact) mass is 228 g/mol. The summed E-state index contributed by atoms with van der Waals surface area (Å²) in [5, 5.41) is 8.89. The molecule has 0 aromatic heterocycles. The number of rotatable bonds is 4. The lowest BCUT2D eigenvalue weighted by Gasteiger charge is -2.09. The van der Waals surface area contributed by atoms with Crippen LogP contribution < -0.4 is 4.74 Å². The van der Waals surface area contributed by atoms with E-state index >= 15 is 0 Å². The fourth-order valence-corrected chi connectivity index (χ4v) is 1.38. The van der Waals surface area contributed by atoms with Gasteiger partial charge in [0.05, 0.1) is 5.02 Å². The van der Waals surface area contributed by atoms with E-state index < -0.39 is 5.97 Å². The maximum absolute atomic E-state index is 10.3. The summed E-state index contributed by atoms with van der Waals surface area (Å²) in [6.07, 6.45) is 0. The molecular formula is C11H13ClO3. The molecule has 1 aromatic carbocycles. The van der Waals surface area contributed by atoms with Crippen LogP contribution in [-0.2, 0) is 4.79 Å². The molecule has 0 aliphatic rings. The normalized spacial score (nSPS) is 10.4. The Bertz CT molecular complexity index is 361. The maximum atomic E-state index is 10.3. The van der Waals surface area contributed by atoms with Gasteiger partial charge in [0, 0.05) is 0 Å². The predicted octanol–water partition coefficient (Wildman–Crippen LogP) is 2.93. The molecule has 0 radical (unpaired) electrons. The van der Waals surface area contributed by atoms with Crippen molar-refractivity contribution in [2.45, 2.75) is 19.8 Å². The molecule has 0 heterocycles. The van der Waals surface area contributed by atoms with Gasteiger partial charge < -0.3 is 9.84 Å². The van der Waals surface area contributed by atoms with Crippen molar-refractivity contribution in [2.75, 3.05) is 6.61 Å². The lowest BCUT2D eigenvalue weighted by atomic mass is 10.0. The first kappa shape index (κ1) is 11.9. The Hall–Kier alpha value is -1.22. The number of ether oxygens (including phenoxy) is 1. The van der Waals surface area contributed by atoms with Crippen molar-refractivity contribution in [2.24, 2.45) is 0 Å². The van der Waals surface area contributed by atoms with Crippen LogP contribution in [0.4, 0.5) is 0 Å². The highest BCUT2D eigenvalue weighted by molar-refractivity contribution is 6.32. The summed E-state index contributed by atoms with van der Waals surface area (Å²) in [6, 6.07) is 5.37. The van der Waals surface area contributed by atoms with Crippen LogP contribution >= 0.6 is 11.6 Å². The van der Waals surface area contributed by atoms with Gasteiger partial charge in [-0.15, -0.1) is 0 Å². The minimum Gasteiger partial charge on any atom is -0.480 e. The topological polar surface area (TPSA) is 46.5 Å². The van der Waals surface area contributed by atoms with Crippen LogP contribution in [0, 0.1) is 0 Å². The van der Waals surface area contributed by atoms with Gasteiger partial charge in [-0.2, -0.15) is 0 Å². The Morgan fingerprint density at radius 2 is 2.20 bits per heavy atom. The molecule has 1 aromatic rings. The van der Waals surface area contributed by atoms with Crippen LogP contribution in [0.2, 0.25) is 5.02 Å². The highest BCUT2D eigenvalue weighted by atomic mass is 35.5. The van der Waals surface area contributed by atoms with Gasteiger partial charge in [0.2, 0.25) is 0 Å². The first-order valence-corrected chi connectivity index (χ1v) is 5.02. The molecule has 1 rings (SSSR count). The van der Waals surface area contributed by atoms with Crippen molar-refractivity contribution in [3.8, 4) is 5.75 Å².